The van der Waals surface area contributed by atoms with Crippen molar-refractivity contribution in [1.82, 2.24) is 4.98 Å². The van der Waals surface area contributed by atoms with Crippen molar-refractivity contribution in [2.75, 3.05) is 12.4 Å². The standard InChI is InChI=1S/C24H25BrN2O2.C4H10O.C2H2.CH2O2/c1-6-20-15(3)22(26-5)23(29-24-18(13-28)11-19(25)12-27-24)16(4)21(20)17-9-7-14(2)8-10-17;1-4(2,3)5;1-2;2-1-3/h7-13,26H,6H2,1-5H3;5H,1-3H3;1-2H;1H,(H,2,3). The summed E-state index contributed by atoms with van der Waals surface area (Å²) in [5.74, 6) is 0.983. The molecule has 7 nitrogen and oxygen atoms in total. The van der Waals surface area contributed by atoms with Gasteiger partial charge in [-0.2, -0.15) is 0 Å². The summed E-state index contributed by atoms with van der Waals surface area (Å²) in [5, 5.41) is 18.7. The van der Waals surface area contributed by atoms with Crippen LogP contribution < -0.4 is 10.1 Å². The highest BCUT2D eigenvalue weighted by molar-refractivity contribution is 9.10. The van der Waals surface area contributed by atoms with Gasteiger partial charge in [0.25, 0.3) is 6.47 Å². The molecule has 1 heterocycles. The number of carboxylic acid groups (broad SMARTS) is 1. The third-order valence-corrected chi connectivity index (χ3v) is 5.62. The molecular weight excluding hydrogens is 560 g/mol. The van der Waals surface area contributed by atoms with Crippen LogP contribution in [0, 0.1) is 33.6 Å². The molecule has 0 saturated heterocycles. The molecule has 3 N–H and O–H groups in total. The number of ether oxygens (including phenoxy) is 1. The molecule has 210 valence electrons. The SMILES string of the molecule is C#C.CC(C)(C)O.CCc1c(C)c(NC)c(Oc2ncc(Br)cc2C=O)c(C)c1-c1ccc(C)cc1.O=CO. The van der Waals surface area contributed by atoms with Crippen LogP contribution >= 0.6 is 15.9 Å². The zero-order valence-corrected chi connectivity index (χ0v) is 25.5. The van der Waals surface area contributed by atoms with Gasteiger partial charge in [0.05, 0.1) is 16.9 Å². The molecule has 39 heavy (non-hydrogen) atoms. The summed E-state index contributed by atoms with van der Waals surface area (Å²) in [7, 11) is 1.88. The number of carbonyl (C=O) groups excluding carboxylic acids is 1. The Kier molecular flexibility index (Phi) is 15.4. The number of aromatic nitrogens is 1. The van der Waals surface area contributed by atoms with E-state index in [1.165, 1.54) is 16.7 Å². The van der Waals surface area contributed by atoms with Crippen molar-refractivity contribution in [2.24, 2.45) is 0 Å². The normalized spacial score (nSPS) is 9.85. The van der Waals surface area contributed by atoms with Gasteiger partial charge in [0.2, 0.25) is 5.88 Å². The maximum Gasteiger partial charge on any atom is 0.290 e. The number of aryl methyl sites for hydroxylation is 1. The summed E-state index contributed by atoms with van der Waals surface area (Å²) in [6.45, 7) is 13.4. The maximum absolute atomic E-state index is 11.5. The van der Waals surface area contributed by atoms with Crippen molar-refractivity contribution in [1.29, 1.82) is 0 Å². The molecule has 0 fully saturated rings. The summed E-state index contributed by atoms with van der Waals surface area (Å²) in [6.07, 6.45) is 11.3. The average molecular weight is 600 g/mol. The van der Waals surface area contributed by atoms with Gasteiger partial charge in [-0.3, -0.25) is 9.59 Å². The van der Waals surface area contributed by atoms with Gasteiger partial charge in [-0.1, -0.05) is 36.8 Å². The number of halogens is 1. The minimum Gasteiger partial charge on any atom is -0.483 e. The fourth-order valence-corrected chi connectivity index (χ4v) is 4.08. The molecule has 0 radical (unpaired) electrons. The Balaban J connectivity index is 0.00000125. The van der Waals surface area contributed by atoms with Crippen LogP contribution in [0.2, 0.25) is 0 Å². The molecule has 0 amide bonds. The lowest BCUT2D eigenvalue weighted by Crippen LogP contribution is -2.10. The monoisotopic (exact) mass is 598 g/mol. The lowest BCUT2D eigenvalue weighted by molar-refractivity contribution is -0.122. The lowest BCUT2D eigenvalue weighted by atomic mass is 9.88. The Hall–Kier alpha value is -3.67. The van der Waals surface area contributed by atoms with Gasteiger partial charge in [-0.15, -0.1) is 12.8 Å². The molecule has 0 atom stereocenters. The molecule has 0 spiro atoms. The quantitative estimate of drug-likeness (QED) is 0.201. The fourth-order valence-electron chi connectivity index (χ4n) is 3.73. The third kappa shape index (κ3) is 10.9. The summed E-state index contributed by atoms with van der Waals surface area (Å²) >= 11 is 3.35. The first-order valence-corrected chi connectivity index (χ1v) is 12.9. The minimum atomic E-state index is -0.500. The summed E-state index contributed by atoms with van der Waals surface area (Å²) in [5.41, 5.74) is 7.79. The Morgan fingerprint density at radius 3 is 2.03 bits per heavy atom. The summed E-state index contributed by atoms with van der Waals surface area (Å²) < 4.78 is 6.98. The van der Waals surface area contributed by atoms with Crippen LogP contribution in [0.4, 0.5) is 5.69 Å². The van der Waals surface area contributed by atoms with E-state index in [1.807, 2.05) is 7.05 Å². The van der Waals surface area contributed by atoms with E-state index in [1.54, 1.807) is 33.0 Å². The van der Waals surface area contributed by atoms with E-state index in [4.69, 9.17) is 19.7 Å². The Bertz CT molecular complexity index is 1240. The van der Waals surface area contributed by atoms with Crippen molar-refractivity contribution < 1.29 is 24.5 Å². The second kappa shape index (κ2) is 17.0. The highest BCUT2D eigenvalue weighted by Crippen LogP contribution is 2.44. The van der Waals surface area contributed by atoms with Crippen LogP contribution in [-0.2, 0) is 11.2 Å². The van der Waals surface area contributed by atoms with E-state index < -0.39 is 5.60 Å². The number of aldehydes is 1. The van der Waals surface area contributed by atoms with Crippen molar-refractivity contribution in [3.8, 4) is 35.6 Å². The number of nitrogens with zero attached hydrogens (tertiary/aromatic N) is 1. The molecule has 0 saturated carbocycles. The largest absolute Gasteiger partial charge is 0.483 e. The topological polar surface area (TPSA) is 109 Å². The van der Waals surface area contributed by atoms with Crippen LogP contribution in [0.5, 0.6) is 11.6 Å². The molecule has 0 aliphatic rings. The van der Waals surface area contributed by atoms with Crippen LogP contribution in [0.3, 0.4) is 0 Å². The van der Waals surface area contributed by atoms with Crippen LogP contribution in [-0.4, -0.2) is 40.6 Å². The van der Waals surface area contributed by atoms with Crippen molar-refractivity contribution in [3.05, 3.63) is 68.8 Å². The Morgan fingerprint density at radius 2 is 1.59 bits per heavy atom. The first-order valence-electron chi connectivity index (χ1n) is 12.2. The van der Waals surface area contributed by atoms with E-state index in [2.05, 4.69) is 91.0 Å². The van der Waals surface area contributed by atoms with E-state index in [0.29, 0.717) is 17.2 Å². The van der Waals surface area contributed by atoms with Gasteiger partial charge < -0.3 is 20.3 Å². The molecule has 0 aliphatic carbocycles. The molecule has 2 aromatic carbocycles. The lowest BCUT2D eigenvalue weighted by Gasteiger charge is -2.23. The highest BCUT2D eigenvalue weighted by Gasteiger charge is 2.22. The van der Waals surface area contributed by atoms with Gasteiger partial charge in [-0.05, 0) is 92.2 Å². The molecule has 1 aromatic heterocycles. The molecule has 0 aliphatic heterocycles. The van der Waals surface area contributed by atoms with E-state index in [0.717, 1.165) is 39.6 Å². The summed E-state index contributed by atoms with van der Waals surface area (Å²) in [4.78, 5) is 24.2. The number of hydrogen-bond acceptors (Lipinski definition) is 6. The number of rotatable bonds is 6. The van der Waals surface area contributed by atoms with Crippen molar-refractivity contribution in [3.63, 3.8) is 0 Å². The predicted molar refractivity (Wildman–Crippen MR) is 163 cm³/mol. The maximum atomic E-state index is 11.5. The fraction of sp³-hybridized carbons (Fsp3) is 0.323. The van der Waals surface area contributed by atoms with E-state index >= 15 is 0 Å². The predicted octanol–water partition coefficient (Wildman–Crippen LogP) is 7.37. The Labute approximate surface area is 240 Å². The van der Waals surface area contributed by atoms with Gasteiger partial charge in [0.1, 0.15) is 0 Å². The zero-order chi connectivity index (χ0) is 30.3. The number of pyridine rings is 1. The van der Waals surface area contributed by atoms with Gasteiger partial charge in [0.15, 0.2) is 12.0 Å². The number of aliphatic hydroxyl groups is 1. The third-order valence-electron chi connectivity index (χ3n) is 5.19. The first-order chi connectivity index (χ1) is 18.3. The van der Waals surface area contributed by atoms with Crippen LogP contribution in [0.25, 0.3) is 11.1 Å². The number of terminal acetylenes is 1. The average Bonchev–Trinajstić information content (AvgIpc) is 2.88. The smallest absolute Gasteiger partial charge is 0.290 e. The van der Waals surface area contributed by atoms with Gasteiger partial charge >= 0.3 is 0 Å². The molecule has 3 rings (SSSR count). The van der Waals surface area contributed by atoms with Crippen molar-refractivity contribution in [2.45, 2.75) is 60.5 Å². The second-order valence-electron chi connectivity index (χ2n) is 9.32. The summed E-state index contributed by atoms with van der Waals surface area (Å²) in [6, 6.07) is 10.2. The highest BCUT2D eigenvalue weighted by atomic mass is 79.9. The number of anilines is 1. The number of benzene rings is 2. The Morgan fingerprint density at radius 1 is 1.08 bits per heavy atom. The minimum absolute atomic E-state index is 0.250. The number of hydrogen-bond donors (Lipinski definition) is 3. The molecule has 8 heteroatoms. The molecular formula is C31H39BrN2O5. The van der Waals surface area contributed by atoms with Crippen LogP contribution in [0.15, 0.2) is 41.0 Å². The van der Waals surface area contributed by atoms with Gasteiger partial charge in [-0.25, -0.2) is 4.98 Å². The zero-order valence-electron chi connectivity index (χ0n) is 23.9. The van der Waals surface area contributed by atoms with Crippen molar-refractivity contribution >= 4 is 34.4 Å². The second-order valence-corrected chi connectivity index (χ2v) is 10.2. The van der Waals surface area contributed by atoms with Gasteiger partial charge in [0, 0.05) is 23.3 Å². The van der Waals surface area contributed by atoms with Crippen LogP contribution in [0.1, 0.15) is 60.3 Å². The van der Waals surface area contributed by atoms with E-state index in [-0.39, 0.29) is 6.47 Å². The number of carbonyl (C=O) groups is 2. The number of nitrogens with one attached hydrogen (secondary N) is 1. The van der Waals surface area contributed by atoms with E-state index in [9.17, 15) is 4.79 Å². The first kappa shape index (κ1) is 35.3. The molecule has 0 bridgehead atoms. The molecule has 3 aromatic rings. The molecule has 0 unspecified atom stereocenters.